The number of hydrogen-bond acceptors (Lipinski definition) is 0. The molecule has 2 aromatic carbocycles. The van der Waals surface area contributed by atoms with Gasteiger partial charge in [-0.15, -0.1) is 0 Å². The number of rotatable bonds is 0. The molecule has 0 spiro atoms. The number of fused-ring (bicyclic) bond motifs is 3. The number of nitrogens with one attached hydrogen (secondary N) is 1. The molecule has 74 valence electrons. The topological polar surface area (TPSA) is 15.8 Å². The minimum Gasteiger partial charge on any atom is -0.352 e. The van der Waals surface area contributed by atoms with Crippen molar-refractivity contribution in [3.05, 3.63) is 47.8 Å². The summed E-state index contributed by atoms with van der Waals surface area (Å²) in [5.41, 5.74) is 2.53. The molecular weight excluding hydrogens is 189 g/mol. The first kappa shape index (κ1) is 8.48. The van der Waals surface area contributed by atoms with E-state index in [2.05, 4.69) is 4.98 Å². The maximum atomic E-state index is 13.7. The summed E-state index contributed by atoms with van der Waals surface area (Å²) in [4.78, 5) is 3.10. The summed E-state index contributed by atoms with van der Waals surface area (Å²) in [5, 5.41) is 2.04. The zero-order chi connectivity index (χ0) is 10.4. The molecule has 1 aromatic heterocycles. The lowest BCUT2D eigenvalue weighted by Crippen LogP contribution is -1.79. The number of aryl methyl sites for hydroxylation is 1. The summed E-state index contributed by atoms with van der Waals surface area (Å²) in [5.74, 6) is -0.179. The summed E-state index contributed by atoms with van der Waals surface area (Å²) >= 11 is 0. The molecule has 3 aromatic rings. The van der Waals surface area contributed by atoms with Gasteiger partial charge in [0.05, 0.1) is 5.52 Å². The van der Waals surface area contributed by atoms with Crippen LogP contribution in [0.3, 0.4) is 0 Å². The number of H-pyrrole nitrogens is 1. The molecule has 0 fully saturated rings. The number of halogens is 1. The highest BCUT2D eigenvalue weighted by Crippen LogP contribution is 2.27. The quantitative estimate of drug-likeness (QED) is 0.567. The van der Waals surface area contributed by atoms with Crippen LogP contribution in [0.1, 0.15) is 5.56 Å². The largest absolute Gasteiger partial charge is 0.352 e. The van der Waals surface area contributed by atoms with Gasteiger partial charge in [0.1, 0.15) is 5.82 Å². The third-order valence-corrected chi connectivity index (χ3v) is 2.71. The Morgan fingerprint density at radius 2 is 1.87 bits per heavy atom. The number of benzene rings is 2. The Hall–Kier alpha value is -1.83. The van der Waals surface area contributed by atoms with Crippen molar-refractivity contribution in [1.29, 1.82) is 0 Å². The Labute approximate surface area is 86.5 Å². The van der Waals surface area contributed by atoms with E-state index in [1.54, 1.807) is 6.07 Å². The summed E-state index contributed by atoms with van der Waals surface area (Å²) in [6, 6.07) is 11.4. The van der Waals surface area contributed by atoms with Crippen LogP contribution in [0.25, 0.3) is 21.8 Å². The highest BCUT2D eigenvalue weighted by Gasteiger charge is 2.07. The molecule has 0 atom stereocenters. The van der Waals surface area contributed by atoms with Crippen molar-refractivity contribution >= 4 is 21.8 Å². The maximum Gasteiger partial charge on any atom is 0.147 e. The van der Waals surface area contributed by atoms with E-state index < -0.39 is 0 Å². The monoisotopic (exact) mass is 199 g/mol. The van der Waals surface area contributed by atoms with Gasteiger partial charge >= 0.3 is 0 Å². The predicted octanol–water partition coefficient (Wildman–Crippen LogP) is 3.77. The fourth-order valence-electron chi connectivity index (χ4n) is 2.04. The first-order valence-corrected chi connectivity index (χ1v) is 4.92. The van der Waals surface area contributed by atoms with Gasteiger partial charge in [-0.1, -0.05) is 18.2 Å². The van der Waals surface area contributed by atoms with Crippen LogP contribution in [0.4, 0.5) is 4.39 Å². The first-order valence-electron chi connectivity index (χ1n) is 4.92. The average Bonchev–Trinajstić information content (AvgIpc) is 2.57. The molecule has 0 amide bonds. The van der Waals surface area contributed by atoms with Crippen molar-refractivity contribution in [3.8, 4) is 0 Å². The Bertz CT molecular complexity index is 652. The van der Waals surface area contributed by atoms with Crippen LogP contribution in [0, 0.1) is 12.7 Å². The van der Waals surface area contributed by atoms with E-state index in [0.717, 1.165) is 21.9 Å². The van der Waals surface area contributed by atoms with Crippen LogP contribution in [0.15, 0.2) is 36.4 Å². The van der Waals surface area contributed by atoms with Crippen molar-refractivity contribution in [3.63, 3.8) is 0 Å². The average molecular weight is 199 g/mol. The molecule has 0 unspecified atom stereocenters. The fraction of sp³-hybridized carbons (Fsp3) is 0.0769. The van der Waals surface area contributed by atoms with Gasteiger partial charge in [0.15, 0.2) is 0 Å². The lowest BCUT2D eigenvalue weighted by molar-refractivity contribution is 0.636. The van der Waals surface area contributed by atoms with E-state index >= 15 is 0 Å². The molecule has 2 heteroatoms. The smallest absolute Gasteiger partial charge is 0.147 e. The second-order valence-electron chi connectivity index (χ2n) is 3.84. The SMILES string of the molecule is Cc1cc(F)c2[nH]c3ccccc3c2c1. The summed E-state index contributed by atoms with van der Waals surface area (Å²) in [7, 11) is 0. The molecule has 0 bridgehead atoms. The van der Waals surface area contributed by atoms with Crippen LogP contribution in [0.5, 0.6) is 0 Å². The van der Waals surface area contributed by atoms with Crippen LogP contribution < -0.4 is 0 Å². The summed E-state index contributed by atoms with van der Waals surface area (Å²) in [6.07, 6.45) is 0. The van der Waals surface area contributed by atoms with E-state index in [-0.39, 0.29) is 5.82 Å². The van der Waals surface area contributed by atoms with Gasteiger partial charge in [0, 0.05) is 16.3 Å². The molecule has 15 heavy (non-hydrogen) atoms. The predicted molar refractivity (Wildman–Crippen MR) is 60.5 cm³/mol. The van der Waals surface area contributed by atoms with E-state index in [1.807, 2.05) is 37.3 Å². The lowest BCUT2D eigenvalue weighted by atomic mass is 10.1. The number of hydrogen-bond donors (Lipinski definition) is 1. The van der Waals surface area contributed by atoms with Crippen LogP contribution in [0.2, 0.25) is 0 Å². The van der Waals surface area contributed by atoms with Gasteiger partial charge in [-0.25, -0.2) is 4.39 Å². The van der Waals surface area contributed by atoms with Gasteiger partial charge in [-0.05, 0) is 30.7 Å². The van der Waals surface area contributed by atoms with Gasteiger partial charge in [0.2, 0.25) is 0 Å². The van der Waals surface area contributed by atoms with Crippen LogP contribution in [-0.4, -0.2) is 4.98 Å². The zero-order valence-electron chi connectivity index (χ0n) is 8.34. The van der Waals surface area contributed by atoms with E-state index in [4.69, 9.17) is 0 Å². The van der Waals surface area contributed by atoms with Crippen LogP contribution >= 0.6 is 0 Å². The fourth-order valence-corrected chi connectivity index (χ4v) is 2.04. The van der Waals surface area contributed by atoms with E-state index in [0.29, 0.717) is 5.52 Å². The third kappa shape index (κ3) is 1.14. The highest BCUT2D eigenvalue weighted by atomic mass is 19.1. The number of aromatic nitrogens is 1. The Morgan fingerprint density at radius 1 is 1.07 bits per heavy atom. The van der Waals surface area contributed by atoms with E-state index in [9.17, 15) is 4.39 Å². The highest BCUT2D eigenvalue weighted by molar-refractivity contribution is 6.07. The molecule has 0 radical (unpaired) electrons. The van der Waals surface area contributed by atoms with E-state index in [1.165, 1.54) is 0 Å². The molecular formula is C13H10FN. The second kappa shape index (κ2) is 2.83. The summed E-state index contributed by atoms with van der Waals surface area (Å²) < 4.78 is 13.7. The molecule has 0 saturated carbocycles. The lowest BCUT2D eigenvalue weighted by Gasteiger charge is -1.95. The molecule has 0 aliphatic carbocycles. The molecule has 3 rings (SSSR count). The molecule has 1 N–H and O–H groups in total. The number of aromatic amines is 1. The van der Waals surface area contributed by atoms with Gasteiger partial charge in [-0.2, -0.15) is 0 Å². The maximum absolute atomic E-state index is 13.7. The normalized spacial score (nSPS) is 11.3. The minimum absolute atomic E-state index is 0.179. The molecule has 0 aliphatic rings. The molecule has 1 heterocycles. The summed E-state index contributed by atoms with van der Waals surface area (Å²) in [6.45, 7) is 1.91. The second-order valence-corrected chi connectivity index (χ2v) is 3.84. The van der Waals surface area contributed by atoms with Crippen molar-refractivity contribution in [2.75, 3.05) is 0 Å². The van der Waals surface area contributed by atoms with Crippen molar-refractivity contribution in [2.45, 2.75) is 6.92 Å². The van der Waals surface area contributed by atoms with Crippen molar-refractivity contribution < 1.29 is 4.39 Å². The first-order chi connectivity index (χ1) is 7.25. The Balaban J connectivity index is 2.61. The van der Waals surface area contributed by atoms with Crippen LogP contribution in [-0.2, 0) is 0 Å². The molecule has 1 nitrogen and oxygen atoms in total. The minimum atomic E-state index is -0.179. The van der Waals surface area contributed by atoms with Gasteiger partial charge in [-0.3, -0.25) is 0 Å². The molecule has 0 aliphatic heterocycles. The Morgan fingerprint density at radius 3 is 2.73 bits per heavy atom. The third-order valence-electron chi connectivity index (χ3n) is 2.71. The number of para-hydroxylation sites is 1. The van der Waals surface area contributed by atoms with Gasteiger partial charge < -0.3 is 4.98 Å². The molecule has 0 saturated heterocycles. The van der Waals surface area contributed by atoms with Gasteiger partial charge in [0.25, 0.3) is 0 Å². The standard InChI is InChI=1S/C13H10FN/c1-8-6-10-9-4-2-3-5-12(9)15-13(10)11(14)7-8/h2-7,15H,1H3. The van der Waals surface area contributed by atoms with Crippen molar-refractivity contribution in [1.82, 2.24) is 4.98 Å². The van der Waals surface area contributed by atoms with Crippen molar-refractivity contribution in [2.24, 2.45) is 0 Å². The zero-order valence-corrected chi connectivity index (χ0v) is 8.34. The Kier molecular flexibility index (Phi) is 1.60.